The number of fused-ring (bicyclic) bond motifs is 1. The fraction of sp³-hybridized carbons (Fsp3) is 0.235. The Morgan fingerprint density at radius 3 is 2.47 bits per heavy atom. The lowest BCUT2D eigenvalue weighted by atomic mass is 9.93. The standard InChI is InChI=1S/C17H17NO/c1-12-7-9-13(10-8-12)11-15-14-5-3-4-6-16(14)18(2)17(15)19/h3-10,15H,11H2,1-2H3. The second-order valence-corrected chi connectivity index (χ2v) is 5.20. The zero-order chi connectivity index (χ0) is 13.4. The number of nitrogens with zero attached hydrogens (tertiary/aromatic N) is 1. The highest BCUT2D eigenvalue weighted by Crippen LogP contribution is 2.37. The Hall–Kier alpha value is -2.09. The quantitative estimate of drug-likeness (QED) is 0.802. The number of rotatable bonds is 2. The van der Waals surface area contributed by atoms with Crippen LogP contribution in [0.1, 0.15) is 22.6 Å². The minimum Gasteiger partial charge on any atom is -0.315 e. The third kappa shape index (κ3) is 2.03. The van der Waals surface area contributed by atoms with Gasteiger partial charge in [0.15, 0.2) is 0 Å². The molecule has 0 bridgehead atoms. The van der Waals surface area contributed by atoms with Crippen LogP contribution in [0.15, 0.2) is 48.5 Å². The first-order valence-corrected chi connectivity index (χ1v) is 6.59. The van der Waals surface area contributed by atoms with Crippen molar-refractivity contribution in [1.82, 2.24) is 0 Å². The number of benzene rings is 2. The van der Waals surface area contributed by atoms with Crippen molar-refractivity contribution >= 4 is 11.6 Å². The number of hydrogen-bond donors (Lipinski definition) is 0. The van der Waals surface area contributed by atoms with E-state index in [0.29, 0.717) is 0 Å². The minimum absolute atomic E-state index is 0.0380. The van der Waals surface area contributed by atoms with E-state index in [1.807, 2.05) is 25.2 Å². The van der Waals surface area contributed by atoms with Crippen LogP contribution in [0, 0.1) is 6.92 Å². The van der Waals surface area contributed by atoms with Gasteiger partial charge >= 0.3 is 0 Å². The van der Waals surface area contributed by atoms with Gasteiger partial charge in [-0.2, -0.15) is 0 Å². The van der Waals surface area contributed by atoms with Crippen molar-refractivity contribution in [1.29, 1.82) is 0 Å². The number of aryl methyl sites for hydroxylation is 1. The molecule has 0 saturated heterocycles. The van der Waals surface area contributed by atoms with Gasteiger partial charge in [-0.05, 0) is 30.5 Å². The van der Waals surface area contributed by atoms with E-state index in [9.17, 15) is 4.79 Å². The molecule has 1 aliphatic rings. The highest BCUT2D eigenvalue weighted by molar-refractivity contribution is 6.04. The van der Waals surface area contributed by atoms with Crippen LogP contribution in [0.5, 0.6) is 0 Å². The van der Waals surface area contributed by atoms with Crippen molar-refractivity contribution in [2.75, 3.05) is 11.9 Å². The molecular formula is C17H17NO. The van der Waals surface area contributed by atoms with E-state index in [1.165, 1.54) is 11.1 Å². The molecule has 19 heavy (non-hydrogen) atoms. The third-order valence-electron chi connectivity index (χ3n) is 3.86. The van der Waals surface area contributed by atoms with Gasteiger partial charge in [0.25, 0.3) is 0 Å². The van der Waals surface area contributed by atoms with Gasteiger partial charge in [0.2, 0.25) is 5.91 Å². The summed E-state index contributed by atoms with van der Waals surface area (Å²) in [5.41, 5.74) is 4.66. The zero-order valence-electron chi connectivity index (χ0n) is 11.3. The number of para-hydroxylation sites is 1. The number of carbonyl (C=O) groups excluding carboxylic acids is 1. The van der Waals surface area contributed by atoms with E-state index in [1.54, 1.807) is 4.90 Å². The number of amides is 1. The zero-order valence-corrected chi connectivity index (χ0v) is 11.3. The van der Waals surface area contributed by atoms with Crippen molar-refractivity contribution in [3.8, 4) is 0 Å². The predicted octanol–water partition coefficient (Wildman–Crippen LogP) is 3.30. The Labute approximate surface area is 113 Å². The lowest BCUT2D eigenvalue weighted by molar-refractivity contribution is -0.119. The molecule has 3 rings (SSSR count). The van der Waals surface area contributed by atoms with Gasteiger partial charge in [-0.3, -0.25) is 4.79 Å². The Kier molecular flexibility index (Phi) is 2.86. The molecule has 0 spiro atoms. The number of likely N-dealkylation sites (N-methyl/N-ethyl adjacent to an activating group) is 1. The molecule has 1 amide bonds. The summed E-state index contributed by atoms with van der Waals surface area (Å²) in [6, 6.07) is 16.5. The molecule has 2 aromatic carbocycles. The Morgan fingerprint density at radius 2 is 1.74 bits per heavy atom. The highest BCUT2D eigenvalue weighted by Gasteiger charge is 2.34. The molecule has 1 heterocycles. The largest absolute Gasteiger partial charge is 0.315 e. The second-order valence-electron chi connectivity index (χ2n) is 5.20. The summed E-state index contributed by atoms with van der Waals surface area (Å²) in [7, 11) is 1.86. The van der Waals surface area contributed by atoms with E-state index in [-0.39, 0.29) is 11.8 Å². The molecule has 0 N–H and O–H groups in total. The van der Waals surface area contributed by atoms with Crippen molar-refractivity contribution < 1.29 is 4.79 Å². The maximum absolute atomic E-state index is 12.4. The molecule has 2 heteroatoms. The highest BCUT2D eigenvalue weighted by atomic mass is 16.2. The average molecular weight is 251 g/mol. The van der Waals surface area contributed by atoms with Crippen molar-refractivity contribution in [3.05, 3.63) is 65.2 Å². The molecule has 1 aliphatic heterocycles. The molecule has 2 nitrogen and oxygen atoms in total. The molecule has 0 saturated carbocycles. The summed E-state index contributed by atoms with van der Waals surface area (Å²) in [6.07, 6.45) is 0.778. The Morgan fingerprint density at radius 1 is 1.05 bits per heavy atom. The lowest BCUT2D eigenvalue weighted by Gasteiger charge is -2.11. The van der Waals surface area contributed by atoms with Gasteiger partial charge in [0, 0.05) is 12.7 Å². The van der Waals surface area contributed by atoms with Crippen LogP contribution in [0.3, 0.4) is 0 Å². The van der Waals surface area contributed by atoms with Crippen LogP contribution < -0.4 is 4.90 Å². The summed E-state index contributed by atoms with van der Waals surface area (Å²) >= 11 is 0. The minimum atomic E-state index is -0.0380. The molecule has 2 aromatic rings. The van der Waals surface area contributed by atoms with E-state index in [0.717, 1.165) is 17.7 Å². The first kappa shape index (κ1) is 12.0. The summed E-state index contributed by atoms with van der Waals surface area (Å²) < 4.78 is 0. The van der Waals surface area contributed by atoms with Crippen molar-refractivity contribution in [2.45, 2.75) is 19.3 Å². The van der Waals surface area contributed by atoms with Gasteiger partial charge in [0.1, 0.15) is 0 Å². The van der Waals surface area contributed by atoms with Gasteiger partial charge in [0.05, 0.1) is 5.92 Å². The van der Waals surface area contributed by atoms with E-state index in [2.05, 4.69) is 37.3 Å². The Bertz CT molecular complexity index is 615. The predicted molar refractivity (Wildman–Crippen MR) is 77.5 cm³/mol. The van der Waals surface area contributed by atoms with Crippen LogP contribution in [-0.4, -0.2) is 13.0 Å². The monoisotopic (exact) mass is 251 g/mol. The molecule has 96 valence electrons. The molecule has 0 aromatic heterocycles. The van der Waals surface area contributed by atoms with Crippen LogP contribution in [0.25, 0.3) is 0 Å². The van der Waals surface area contributed by atoms with Gasteiger partial charge < -0.3 is 4.90 Å². The van der Waals surface area contributed by atoms with E-state index in [4.69, 9.17) is 0 Å². The topological polar surface area (TPSA) is 20.3 Å². The van der Waals surface area contributed by atoms with Crippen LogP contribution in [0.4, 0.5) is 5.69 Å². The van der Waals surface area contributed by atoms with Crippen LogP contribution >= 0.6 is 0 Å². The summed E-state index contributed by atoms with van der Waals surface area (Å²) in [5, 5.41) is 0. The second kappa shape index (κ2) is 4.54. The van der Waals surface area contributed by atoms with Crippen LogP contribution in [-0.2, 0) is 11.2 Å². The normalized spacial score (nSPS) is 17.7. The van der Waals surface area contributed by atoms with Crippen molar-refractivity contribution in [3.63, 3.8) is 0 Å². The average Bonchev–Trinajstić information content (AvgIpc) is 2.67. The fourth-order valence-corrected chi connectivity index (χ4v) is 2.73. The van der Waals surface area contributed by atoms with Gasteiger partial charge in [-0.15, -0.1) is 0 Å². The maximum atomic E-state index is 12.4. The van der Waals surface area contributed by atoms with E-state index >= 15 is 0 Å². The number of anilines is 1. The summed E-state index contributed by atoms with van der Waals surface area (Å²) in [5.74, 6) is 0.158. The fourth-order valence-electron chi connectivity index (χ4n) is 2.73. The lowest BCUT2D eigenvalue weighted by Crippen LogP contribution is -2.24. The van der Waals surface area contributed by atoms with Crippen LogP contribution in [0.2, 0.25) is 0 Å². The SMILES string of the molecule is Cc1ccc(CC2C(=O)N(C)c3ccccc32)cc1. The molecule has 0 fully saturated rings. The maximum Gasteiger partial charge on any atom is 0.234 e. The summed E-state index contributed by atoms with van der Waals surface area (Å²) in [6.45, 7) is 2.08. The summed E-state index contributed by atoms with van der Waals surface area (Å²) in [4.78, 5) is 14.1. The Balaban J connectivity index is 1.93. The number of hydrogen-bond acceptors (Lipinski definition) is 1. The molecule has 1 unspecified atom stereocenters. The molecular weight excluding hydrogens is 234 g/mol. The first-order chi connectivity index (χ1) is 9.16. The van der Waals surface area contributed by atoms with E-state index < -0.39 is 0 Å². The number of carbonyl (C=O) groups is 1. The van der Waals surface area contributed by atoms with Crippen molar-refractivity contribution in [2.24, 2.45) is 0 Å². The third-order valence-corrected chi connectivity index (χ3v) is 3.86. The van der Waals surface area contributed by atoms with Gasteiger partial charge in [-0.25, -0.2) is 0 Å². The molecule has 0 radical (unpaired) electrons. The smallest absolute Gasteiger partial charge is 0.234 e. The first-order valence-electron chi connectivity index (χ1n) is 6.59. The molecule has 1 atom stereocenters. The molecule has 0 aliphatic carbocycles. The van der Waals surface area contributed by atoms with Gasteiger partial charge in [-0.1, -0.05) is 48.0 Å².